The summed E-state index contributed by atoms with van der Waals surface area (Å²) in [5, 5.41) is 33.2. The largest absolute Gasteiger partial charge is 0.394 e. The van der Waals surface area contributed by atoms with Crippen LogP contribution in [0.3, 0.4) is 0 Å². The normalized spacial score (nSPS) is 29.7. The molecule has 0 aromatic carbocycles. The molecule has 13 heteroatoms. The van der Waals surface area contributed by atoms with Crippen LogP contribution in [0, 0.1) is 0 Å². The standard InChI is InChI=1S/C11H14N8O5/c12-10-16-8-5(9(23)17-10)14-3-19(8)11(2-15-18-13)7(22)6(21)4(1-20)24-11/h3-4,6-7,20-22H,1-2H2,(H3,12,16,17,23)/t4-,6-,7-,11-/m1/s1. The highest BCUT2D eigenvalue weighted by Gasteiger charge is 2.55. The molecular formula is C11H14N8O5. The molecule has 0 radical (unpaired) electrons. The average Bonchev–Trinajstić information content (AvgIpc) is 3.08. The number of nitrogens with zero attached hydrogens (tertiary/aromatic N) is 6. The maximum absolute atomic E-state index is 11.9. The number of aromatic nitrogens is 4. The smallest absolute Gasteiger partial charge is 0.280 e. The van der Waals surface area contributed by atoms with E-state index in [9.17, 15) is 20.1 Å². The minimum absolute atomic E-state index is 0.0331. The van der Waals surface area contributed by atoms with Crippen LogP contribution in [0.2, 0.25) is 0 Å². The highest BCUT2D eigenvalue weighted by Crippen LogP contribution is 2.37. The van der Waals surface area contributed by atoms with Gasteiger partial charge in [0.2, 0.25) is 5.95 Å². The zero-order valence-corrected chi connectivity index (χ0v) is 12.1. The number of hydrogen-bond acceptors (Lipinski definition) is 9. The minimum Gasteiger partial charge on any atom is -0.394 e. The first kappa shape index (κ1) is 16.2. The number of anilines is 1. The van der Waals surface area contributed by atoms with E-state index in [4.69, 9.17) is 16.0 Å². The summed E-state index contributed by atoms with van der Waals surface area (Å²) in [4.78, 5) is 24.6. The Kier molecular flexibility index (Phi) is 3.87. The van der Waals surface area contributed by atoms with Gasteiger partial charge in [-0.15, -0.1) is 0 Å². The van der Waals surface area contributed by atoms with Crippen molar-refractivity contribution in [3.8, 4) is 0 Å². The Morgan fingerprint density at radius 3 is 2.96 bits per heavy atom. The number of aliphatic hydroxyl groups excluding tert-OH is 3. The van der Waals surface area contributed by atoms with Gasteiger partial charge in [-0.3, -0.25) is 14.3 Å². The van der Waals surface area contributed by atoms with Crippen molar-refractivity contribution in [1.82, 2.24) is 19.5 Å². The lowest BCUT2D eigenvalue weighted by atomic mass is 10.0. The third kappa shape index (κ3) is 2.19. The van der Waals surface area contributed by atoms with Gasteiger partial charge < -0.3 is 25.8 Å². The highest BCUT2D eigenvalue weighted by molar-refractivity contribution is 5.70. The third-order valence-electron chi connectivity index (χ3n) is 3.90. The third-order valence-corrected chi connectivity index (χ3v) is 3.90. The first-order valence-corrected chi connectivity index (χ1v) is 6.83. The predicted molar refractivity (Wildman–Crippen MR) is 78.5 cm³/mol. The van der Waals surface area contributed by atoms with E-state index in [1.54, 1.807) is 0 Å². The SMILES string of the molecule is [N-]=[N+]=NC[C@@]1(n2cnc3c(=O)[nH]c(N)nc32)O[C@H](CO)[C@@H](O)[C@H]1O. The number of fused-ring (bicyclic) bond motifs is 1. The second kappa shape index (κ2) is 5.74. The summed E-state index contributed by atoms with van der Waals surface area (Å²) >= 11 is 0. The van der Waals surface area contributed by atoms with Crippen molar-refractivity contribution < 1.29 is 20.1 Å². The number of hydrogen-bond donors (Lipinski definition) is 5. The van der Waals surface area contributed by atoms with Crippen LogP contribution >= 0.6 is 0 Å². The van der Waals surface area contributed by atoms with Crippen LogP contribution in [0.15, 0.2) is 16.2 Å². The van der Waals surface area contributed by atoms with Crippen LogP contribution in [-0.4, -0.2) is 66.3 Å². The highest BCUT2D eigenvalue weighted by atomic mass is 16.6. The van der Waals surface area contributed by atoms with Gasteiger partial charge in [0.05, 0.1) is 19.5 Å². The topological polar surface area (TPSA) is 208 Å². The van der Waals surface area contributed by atoms with Crippen LogP contribution in [-0.2, 0) is 10.5 Å². The second-order valence-corrected chi connectivity index (χ2v) is 5.25. The summed E-state index contributed by atoms with van der Waals surface area (Å²) in [6.07, 6.45) is -3.03. The molecule has 0 aliphatic carbocycles. The molecular weight excluding hydrogens is 324 g/mol. The molecule has 0 bridgehead atoms. The van der Waals surface area contributed by atoms with Crippen molar-refractivity contribution >= 4 is 17.1 Å². The van der Waals surface area contributed by atoms with E-state index in [1.807, 2.05) is 0 Å². The Balaban J connectivity index is 2.25. The summed E-state index contributed by atoms with van der Waals surface area (Å²) in [7, 11) is 0. The van der Waals surface area contributed by atoms with E-state index >= 15 is 0 Å². The van der Waals surface area contributed by atoms with Crippen molar-refractivity contribution in [3.05, 3.63) is 27.1 Å². The Bertz CT molecular complexity index is 873. The molecule has 13 nitrogen and oxygen atoms in total. The fraction of sp³-hybridized carbons (Fsp3) is 0.545. The van der Waals surface area contributed by atoms with Crippen molar-refractivity contribution in [2.75, 3.05) is 18.9 Å². The maximum Gasteiger partial charge on any atom is 0.280 e. The lowest BCUT2D eigenvalue weighted by molar-refractivity contribution is -0.138. The second-order valence-electron chi connectivity index (χ2n) is 5.25. The van der Waals surface area contributed by atoms with Crippen LogP contribution in [0.1, 0.15) is 0 Å². The average molecular weight is 338 g/mol. The molecule has 4 atom stereocenters. The molecule has 0 saturated carbocycles. The first-order chi connectivity index (χ1) is 11.4. The zero-order chi connectivity index (χ0) is 17.5. The molecule has 1 saturated heterocycles. The van der Waals surface area contributed by atoms with Gasteiger partial charge in [-0.1, -0.05) is 5.11 Å². The maximum atomic E-state index is 11.9. The lowest BCUT2D eigenvalue weighted by Crippen LogP contribution is -2.48. The predicted octanol–water partition coefficient (Wildman–Crippen LogP) is -2.22. The van der Waals surface area contributed by atoms with Crippen LogP contribution in [0.5, 0.6) is 0 Å². The molecule has 1 fully saturated rings. The number of imidazole rings is 1. The summed E-state index contributed by atoms with van der Waals surface area (Å²) < 4.78 is 6.73. The van der Waals surface area contributed by atoms with Gasteiger partial charge in [0.25, 0.3) is 5.56 Å². The van der Waals surface area contributed by atoms with Gasteiger partial charge in [-0.2, -0.15) is 4.98 Å². The van der Waals surface area contributed by atoms with Gasteiger partial charge >= 0.3 is 0 Å². The molecule has 0 spiro atoms. The van der Waals surface area contributed by atoms with E-state index in [-0.39, 0.29) is 17.1 Å². The van der Waals surface area contributed by atoms with Crippen LogP contribution in [0.4, 0.5) is 5.95 Å². The van der Waals surface area contributed by atoms with Crippen LogP contribution in [0.25, 0.3) is 21.6 Å². The van der Waals surface area contributed by atoms with Crippen molar-refractivity contribution in [1.29, 1.82) is 0 Å². The summed E-state index contributed by atoms with van der Waals surface area (Å²) in [6.45, 7) is -1.03. The quantitative estimate of drug-likeness (QED) is 0.233. The van der Waals surface area contributed by atoms with Crippen molar-refractivity contribution in [3.63, 3.8) is 0 Å². The fourth-order valence-electron chi connectivity index (χ4n) is 2.76. The lowest BCUT2D eigenvalue weighted by Gasteiger charge is -2.32. The molecule has 3 heterocycles. The molecule has 0 amide bonds. The van der Waals surface area contributed by atoms with Crippen molar-refractivity contribution in [2.45, 2.75) is 24.0 Å². The van der Waals surface area contributed by atoms with Gasteiger partial charge in [-0.05, 0) is 5.53 Å². The molecule has 2 aromatic heterocycles. The number of ether oxygens (including phenoxy) is 1. The van der Waals surface area contributed by atoms with E-state index in [2.05, 4.69) is 25.0 Å². The molecule has 128 valence electrons. The molecule has 6 N–H and O–H groups in total. The molecule has 3 rings (SSSR count). The Morgan fingerprint density at radius 1 is 1.58 bits per heavy atom. The summed E-state index contributed by atoms with van der Waals surface area (Å²) in [5.41, 5.74) is 11.6. The first-order valence-electron chi connectivity index (χ1n) is 6.83. The number of aliphatic hydroxyl groups is 3. The number of nitrogens with one attached hydrogen (secondary N) is 1. The fourth-order valence-corrected chi connectivity index (χ4v) is 2.76. The Hall–Kier alpha value is -2.70. The van der Waals surface area contributed by atoms with Crippen LogP contribution < -0.4 is 11.3 Å². The van der Waals surface area contributed by atoms with Gasteiger partial charge in [0.15, 0.2) is 16.9 Å². The molecule has 1 aliphatic heterocycles. The minimum atomic E-state index is -1.80. The van der Waals surface area contributed by atoms with Crippen molar-refractivity contribution in [2.24, 2.45) is 5.11 Å². The Labute approximate surface area is 133 Å². The molecule has 0 unspecified atom stereocenters. The van der Waals surface area contributed by atoms with Gasteiger partial charge in [-0.25, -0.2) is 4.98 Å². The summed E-state index contributed by atoms with van der Waals surface area (Å²) in [6, 6.07) is 0. The number of nitrogens with two attached hydrogens (primary N) is 1. The Morgan fingerprint density at radius 2 is 2.33 bits per heavy atom. The molecule has 2 aromatic rings. The molecule has 1 aliphatic rings. The number of rotatable bonds is 4. The van der Waals surface area contributed by atoms with E-state index in [1.165, 1.54) is 0 Å². The number of azide groups is 1. The number of H-pyrrole nitrogens is 1. The van der Waals surface area contributed by atoms with E-state index in [0.717, 1.165) is 10.9 Å². The zero-order valence-electron chi connectivity index (χ0n) is 12.1. The van der Waals surface area contributed by atoms with E-state index in [0.29, 0.717) is 0 Å². The number of nitrogen functional groups attached to an aromatic ring is 1. The van der Waals surface area contributed by atoms with E-state index < -0.39 is 42.7 Å². The monoisotopic (exact) mass is 338 g/mol. The number of aromatic amines is 1. The molecule has 24 heavy (non-hydrogen) atoms. The van der Waals surface area contributed by atoms with Gasteiger partial charge in [0, 0.05) is 4.91 Å². The summed E-state index contributed by atoms with van der Waals surface area (Å²) in [5.74, 6) is -0.195. The van der Waals surface area contributed by atoms with Gasteiger partial charge in [0.1, 0.15) is 18.3 Å².